The van der Waals surface area contributed by atoms with Crippen molar-refractivity contribution in [2.24, 2.45) is 16.5 Å². The van der Waals surface area contributed by atoms with Crippen LogP contribution in [0.1, 0.15) is 6.92 Å². The predicted molar refractivity (Wildman–Crippen MR) is 77.9 cm³/mol. The van der Waals surface area contributed by atoms with Crippen molar-refractivity contribution >= 4 is 41.7 Å². The van der Waals surface area contributed by atoms with E-state index in [9.17, 15) is 0 Å². The lowest BCUT2D eigenvalue weighted by Crippen LogP contribution is -2.24. The molecule has 0 bridgehead atoms. The average Bonchev–Trinajstić information content (AvgIpc) is 2.16. The minimum absolute atomic E-state index is 0. The molecule has 0 aromatic heterocycles. The summed E-state index contributed by atoms with van der Waals surface area (Å²) in [5, 5.41) is 0.388. The lowest BCUT2D eigenvalue weighted by Gasteiger charge is -2.07. The van der Waals surface area contributed by atoms with Crippen LogP contribution in [-0.2, 0) is 0 Å². The Morgan fingerprint density at radius 2 is 1.93 bits per heavy atom. The number of hydrogen-bond donors (Lipinski definition) is 2. The van der Waals surface area contributed by atoms with Crippen LogP contribution in [0.4, 0.5) is 0 Å². The first-order valence-corrected chi connectivity index (χ1v) is 5.33. The maximum Gasteiger partial charge on any atom is 0.185 e. The zero-order chi connectivity index (χ0) is 10.4. The summed E-state index contributed by atoms with van der Waals surface area (Å²) in [6.45, 7) is 2.76. The van der Waals surface area contributed by atoms with Crippen molar-refractivity contribution in [1.29, 1.82) is 0 Å². The Morgan fingerprint density at radius 3 is 2.47 bits per heavy atom. The fourth-order valence-corrected chi connectivity index (χ4v) is 1.93. The van der Waals surface area contributed by atoms with Gasteiger partial charge in [-0.3, -0.25) is 4.99 Å². The predicted octanol–water partition coefficient (Wildman–Crippen LogP) is 2.06. The molecule has 0 aliphatic carbocycles. The van der Waals surface area contributed by atoms with E-state index in [0.717, 1.165) is 0 Å². The third kappa shape index (κ3) is 6.62. The van der Waals surface area contributed by atoms with Gasteiger partial charge in [0.05, 0.1) is 6.54 Å². The maximum atomic E-state index is 5.25. The van der Waals surface area contributed by atoms with Crippen LogP contribution in [0.2, 0.25) is 0 Å². The summed E-state index contributed by atoms with van der Waals surface area (Å²) in [6, 6.07) is 10.2. The molecule has 1 aromatic carbocycles. The van der Waals surface area contributed by atoms with E-state index in [2.05, 4.69) is 24.0 Å². The van der Waals surface area contributed by atoms with Gasteiger partial charge in [0.1, 0.15) is 0 Å². The van der Waals surface area contributed by atoms with E-state index in [1.165, 1.54) is 4.90 Å². The molecule has 15 heavy (non-hydrogen) atoms. The topological polar surface area (TPSA) is 64.4 Å². The zero-order valence-corrected chi connectivity index (χ0v) is 11.7. The van der Waals surface area contributed by atoms with Crippen LogP contribution < -0.4 is 11.5 Å². The second-order valence-corrected chi connectivity index (χ2v) is 4.52. The smallest absolute Gasteiger partial charge is 0.185 e. The minimum atomic E-state index is 0. The molecule has 0 radical (unpaired) electrons. The standard InChI is InChI=1S/C10H15N3S.HI/c1-8(7-13-10(11)12)14-9-5-3-2-4-6-9;/h2-6,8H,7H2,1H3,(H4,11,12,13);1H. The van der Waals surface area contributed by atoms with Gasteiger partial charge >= 0.3 is 0 Å². The molecule has 0 saturated heterocycles. The molecule has 0 aliphatic heterocycles. The third-order valence-corrected chi connectivity index (χ3v) is 2.71. The Labute approximate surface area is 112 Å². The summed E-state index contributed by atoms with van der Waals surface area (Å²) in [6.07, 6.45) is 0. The number of halogens is 1. The second-order valence-electron chi connectivity index (χ2n) is 3.01. The lowest BCUT2D eigenvalue weighted by atomic mass is 10.4. The van der Waals surface area contributed by atoms with E-state index in [-0.39, 0.29) is 29.9 Å². The molecular formula is C10H16IN3S. The number of hydrogen-bond acceptors (Lipinski definition) is 2. The summed E-state index contributed by atoms with van der Waals surface area (Å²) in [5.41, 5.74) is 10.5. The highest BCUT2D eigenvalue weighted by molar-refractivity contribution is 14.0. The molecule has 0 fully saturated rings. The summed E-state index contributed by atoms with van der Waals surface area (Å²) >= 11 is 1.77. The Bertz CT molecular complexity index is 299. The fourth-order valence-electron chi connectivity index (χ4n) is 1.00. The van der Waals surface area contributed by atoms with Crippen LogP contribution >= 0.6 is 35.7 Å². The normalized spacial score (nSPS) is 11.3. The van der Waals surface area contributed by atoms with Crippen molar-refractivity contribution < 1.29 is 0 Å². The first-order valence-electron chi connectivity index (χ1n) is 4.45. The molecule has 5 heteroatoms. The van der Waals surface area contributed by atoms with Crippen molar-refractivity contribution in [1.82, 2.24) is 0 Å². The van der Waals surface area contributed by atoms with Crippen LogP contribution in [0, 0.1) is 0 Å². The van der Waals surface area contributed by atoms with Crippen LogP contribution in [0.15, 0.2) is 40.2 Å². The molecule has 0 aliphatic rings. The van der Waals surface area contributed by atoms with E-state index < -0.39 is 0 Å². The summed E-state index contributed by atoms with van der Waals surface area (Å²) < 4.78 is 0. The van der Waals surface area contributed by atoms with Crippen LogP contribution in [0.5, 0.6) is 0 Å². The SMILES string of the molecule is CC(CN=C(N)N)Sc1ccccc1.I. The lowest BCUT2D eigenvalue weighted by molar-refractivity contribution is 0.945. The minimum Gasteiger partial charge on any atom is -0.370 e. The number of thioether (sulfide) groups is 1. The molecule has 4 N–H and O–H groups in total. The van der Waals surface area contributed by atoms with E-state index in [1.54, 1.807) is 11.8 Å². The second kappa shape index (κ2) is 7.81. The van der Waals surface area contributed by atoms with Crippen molar-refractivity contribution in [2.45, 2.75) is 17.1 Å². The number of nitrogens with two attached hydrogens (primary N) is 2. The van der Waals surface area contributed by atoms with Gasteiger partial charge < -0.3 is 11.5 Å². The number of guanidine groups is 1. The first kappa shape index (κ1) is 14.6. The van der Waals surface area contributed by atoms with Gasteiger partial charge in [-0.05, 0) is 12.1 Å². The average molecular weight is 337 g/mol. The van der Waals surface area contributed by atoms with E-state index in [4.69, 9.17) is 11.5 Å². The fraction of sp³-hybridized carbons (Fsp3) is 0.300. The molecule has 0 saturated carbocycles. The van der Waals surface area contributed by atoms with Crippen LogP contribution in [0.3, 0.4) is 0 Å². The van der Waals surface area contributed by atoms with Crippen molar-refractivity contribution in [2.75, 3.05) is 6.54 Å². The number of nitrogens with zero attached hydrogens (tertiary/aromatic N) is 1. The van der Waals surface area contributed by atoms with Gasteiger partial charge in [-0.15, -0.1) is 35.7 Å². The van der Waals surface area contributed by atoms with Crippen molar-refractivity contribution in [3.05, 3.63) is 30.3 Å². The summed E-state index contributed by atoms with van der Waals surface area (Å²) in [4.78, 5) is 5.21. The van der Waals surface area contributed by atoms with E-state index >= 15 is 0 Å². The molecule has 1 atom stereocenters. The molecule has 0 spiro atoms. The Kier molecular flexibility index (Phi) is 7.59. The molecular weight excluding hydrogens is 321 g/mol. The van der Waals surface area contributed by atoms with Gasteiger partial charge in [-0.25, -0.2) is 0 Å². The molecule has 0 amide bonds. The van der Waals surface area contributed by atoms with Crippen LogP contribution in [0.25, 0.3) is 0 Å². The van der Waals surface area contributed by atoms with Crippen molar-refractivity contribution in [3.63, 3.8) is 0 Å². The summed E-state index contributed by atoms with van der Waals surface area (Å²) in [5.74, 6) is 0.158. The number of rotatable bonds is 4. The monoisotopic (exact) mass is 337 g/mol. The van der Waals surface area contributed by atoms with Gasteiger partial charge in [0.25, 0.3) is 0 Å². The van der Waals surface area contributed by atoms with Gasteiger partial charge in [0, 0.05) is 10.1 Å². The highest BCUT2D eigenvalue weighted by Gasteiger charge is 2.02. The van der Waals surface area contributed by atoms with Gasteiger partial charge in [0.15, 0.2) is 5.96 Å². The number of benzene rings is 1. The van der Waals surface area contributed by atoms with E-state index in [1.807, 2.05) is 18.2 Å². The molecule has 3 nitrogen and oxygen atoms in total. The summed E-state index contributed by atoms with van der Waals surface area (Å²) in [7, 11) is 0. The zero-order valence-electron chi connectivity index (χ0n) is 8.59. The first-order chi connectivity index (χ1) is 6.68. The van der Waals surface area contributed by atoms with Gasteiger partial charge in [-0.1, -0.05) is 25.1 Å². The van der Waals surface area contributed by atoms with Gasteiger partial charge in [-0.2, -0.15) is 0 Å². The Hall–Kier alpha value is -0.430. The van der Waals surface area contributed by atoms with Crippen LogP contribution in [-0.4, -0.2) is 17.8 Å². The largest absolute Gasteiger partial charge is 0.370 e. The highest BCUT2D eigenvalue weighted by atomic mass is 127. The molecule has 0 heterocycles. The Balaban J connectivity index is 0.00000196. The highest BCUT2D eigenvalue weighted by Crippen LogP contribution is 2.22. The third-order valence-electron chi connectivity index (χ3n) is 1.61. The molecule has 84 valence electrons. The van der Waals surface area contributed by atoms with E-state index in [0.29, 0.717) is 11.8 Å². The Morgan fingerprint density at radius 1 is 1.33 bits per heavy atom. The molecule has 1 unspecified atom stereocenters. The molecule has 1 rings (SSSR count). The molecule has 1 aromatic rings. The number of aliphatic imine (C=N–C) groups is 1. The van der Waals surface area contributed by atoms with Crippen molar-refractivity contribution in [3.8, 4) is 0 Å². The maximum absolute atomic E-state index is 5.25. The quantitative estimate of drug-likeness (QED) is 0.383. The van der Waals surface area contributed by atoms with Gasteiger partial charge in [0.2, 0.25) is 0 Å².